The summed E-state index contributed by atoms with van der Waals surface area (Å²) >= 11 is 0. The molecule has 1 aliphatic heterocycles. The monoisotopic (exact) mass is 472 g/mol. The molecule has 0 radical (unpaired) electrons. The first-order valence-corrected chi connectivity index (χ1v) is 11.9. The molecule has 2 aromatic heterocycles. The fourth-order valence-electron chi connectivity index (χ4n) is 5.25. The first-order valence-electron chi connectivity index (χ1n) is 11.9. The molecular weight excluding hydrogens is 448 g/mol. The zero-order valence-electron chi connectivity index (χ0n) is 20.0. The van der Waals surface area contributed by atoms with Crippen LogP contribution >= 0.6 is 0 Å². The van der Waals surface area contributed by atoms with Crippen LogP contribution < -0.4 is 9.80 Å². The van der Waals surface area contributed by atoms with Gasteiger partial charge in [-0.05, 0) is 48.5 Å². The molecule has 0 amide bonds. The number of nitrogens with zero attached hydrogens (tertiary/aromatic N) is 8. The summed E-state index contributed by atoms with van der Waals surface area (Å²) in [6, 6.07) is 33.3. The predicted octanol–water partition coefficient (Wildman–Crippen LogP) is 4.86. The highest BCUT2D eigenvalue weighted by Crippen LogP contribution is 2.47. The number of aromatic nitrogens is 6. The Morgan fingerprint density at radius 3 is 1.56 bits per heavy atom. The Kier molecular flexibility index (Phi) is 4.54. The van der Waals surface area contributed by atoms with Crippen LogP contribution in [0.2, 0.25) is 0 Å². The molecule has 0 saturated carbocycles. The van der Waals surface area contributed by atoms with E-state index in [2.05, 4.69) is 105 Å². The van der Waals surface area contributed by atoms with Gasteiger partial charge in [0.2, 0.25) is 0 Å². The Morgan fingerprint density at radius 2 is 1.06 bits per heavy atom. The van der Waals surface area contributed by atoms with Crippen molar-refractivity contribution in [1.29, 1.82) is 0 Å². The van der Waals surface area contributed by atoms with E-state index < -0.39 is 0 Å². The van der Waals surface area contributed by atoms with Gasteiger partial charge in [0, 0.05) is 36.6 Å². The van der Waals surface area contributed by atoms with Crippen molar-refractivity contribution in [1.82, 2.24) is 30.0 Å². The first kappa shape index (κ1) is 20.6. The summed E-state index contributed by atoms with van der Waals surface area (Å²) in [6.45, 7) is 0. The molecule has 1 aliphatic rings. The van der Waals surface area contributed by atoms with Crippen molar-refractivity contribution >= 4 is 33.4 Å². The van der Waals surface area contributed by atoms with Crippen molar-refractivity contribution in [2.45, 2.75) is 12.3 Å². The van der Waals surface area contributed by atoms with Gasteiger partial charge in [0.15, 0.2) is 12.3 Å². The normalized spacial score (nSPS) is 17.1. The van der Waals surface area contributed by atoms with Gasteiger partial charge in [-0.25, -0.2) is 9.36 Å². The summed E-state index contributed by atoms with van der Waals surface area (Å²) in [6.07, 6.45) is -0.432. The highest BCUT2D eigenvalue weighted by atomic mass is 15.6. The van der Waals surface area contributed by atoms with Crippen molar-refractivity contribution in [3.8, 4) is 0 Å². The average Bonchev–Trinajstić information content (AvgIpc) is 3.62. The lowest BCUT2D eigenvalue weighted by Gasteiger charge is -2.33. The molecule has 6 aromatic rings. The summed E-state index contributed by atoms with van der Waals surface area (Å²) < 4.78 is 4.04. The molecule has 176 valence electrons. The van der Waals surface area contributed by atoms with Gasteiger partial charge in [0.25, 0.3) is 0 Å². The summed E-state index contributed by atoms with van der Waals surface area (Å²) in [5.74, 6) is 0. The Labute approximate surface area is 208 Å². The zero-order chi connectivity index (χ0) is 24.2. The van der Waals surface area contributed by atoms with E-state index in [1.165, 1.54) is 0 Å². The van der Waals surface area contributed by atoms with Crippen molar-refractivity contribution in [3.05, 3.63) is 108 Å². The minimum Gasteiger partial charge on any atom is -0.378 e. The number of anilines is 2. The lowest BCUT2D eigenvalue weighted by atomic mass is 10.1. The molecule has 8 heteroatoms. The third-order valence-electron chi connectivity index (χ3n) is 6.96. The van der Waals surface area contributed by atoms with E-state index in [1.807, 2.05) is 45.8 Å². The number of rotatable bonds is 4. The van der Waals surface area contributed by atoms with Crippen molar-refractivity contribution < 1.29 is 0 Å². The zero-order valence-corrected chi connectivity index (χ0v) is 20.0. The van der Waals surface area contributed by atoms with Crippen molar-refractivity contribution in [2.24, 2.45) is 0 Å². The van der Waals surface area contributed by atoms with Crippen LogP contribution in [-0.4, -0.2) is 44.1 Å². The molecule has 3 heterocycles. The van der Waals surface area contributed by atoms with E-state index in [0.717, 1.165) is 44.6 Å². The molecule has 8 nitrogen and oxygen atoms in total. The standard InChI is InChI=1S/C28H24N8/c1-33(2)19-15-17-20(18-16-19)34-27(35-25-13-7-5-11-23(25)29-31-35)21-9-3-4-10-22(21)28(34)36-26-14-8-6-12-24(26)30-32-36/h3-18,27-28H,1-2H3. The van der Waals surface area contributed by atoms with Crippen LogP contribution in [0.15, 0.2) is 97.1 Å². The van der Waals surface area contributed by atoms with E-state index in [-0.39, 0.29) is 12.3 Å². The Balaban J connectivity index is 1.50. The molecule has 7 rings (SSSR count). The second kappa shape index (κ2) is 7.91. The van der Waals surface area contributed by atoms with Crippen molar-refractivity contribution in [3.63, 3.8) is 0 Å². The lowest BCUT2D eigenvalue weighted by molar-refractivity contribution is 0.436. The first-order chi connectivity index (χ1) is 17.7. The van der Waals surface area contributed by atoms with Crippen LogP contribution in [0.25, 0.3) is 22.1 Å². The summed E-state index contributed by atoms with van der Waals surface area (Å²) in [4.78, 5) is 4.47. The minimum atomic E-state index is -0.216. The van der Waals surface area contributed by atoms with Crippen LogP contribution in [0.5, 0.6) is 0 Å². The van der Waals surface area contributed by atoms with Gasteiger partial charge in [0.05, 0.1) is 11.0 Å². The maximum absolute atomic E-state index is 4.65. The van der Waals surface area contributed by atoms with Crippen LogP contribution in [0.3, 0.4) is 0 Å². The van der Waals surface area contributed by atoms with Gasteiger partial charge >= 0.3 is 0 Å². The quantitative estimate of drug-likeness (QED) is 0.365. The molecule has 0 aliphatic carbocycles. The second-order valence-corrected chi connectivity index (χ2v) is 9.24. The molecule has 36 heavy (non-hydrogen) atoms. The molecule has 2 unspecified atom stereocenters. The average molecular weight is 473 g/mol. The molecule has 2 atom stereocenters. The maximum Gasteiger partial charge on any atom is 0.153 e. The molecule has 0 bridgehead atoms. The largest absolute Gasteiger partial charge is 0.378 e. The molecule has 0 saturated heterocycles. The highest BCUT2D eigenvalue weighted by Gasteiger charge is 2.43. The van der Waals surface area contributed by atoms with E-state index >= 15 is 0 Å². The van der Waals surface area contributed by atoms with E-state index in [9.17, 15) is 0 Å². The maximum atomic E-state index is 4.65. The van der Waals surface area contributed by atoms with Gasteiger partial charge < -0.3 is 9.80 Å². The fourth-order valence-corrected chi connectivity index (χ4v) is 5.25. The Morgan fingerprint density at radius 1 is 0.583 bits per heavy atom. The van der Waals surface area contributed by atoms with Gasteiger partial charge in [-0.1, -0.05) is 59.0 Å². The third kappa shape index (κ3) is 3.00. The van der Waals surface area contributed by atoms with Crippen LogP contribution in [0, 0.1) is 0 Å². The number of hydrogen-bond acceptors (Lipinski definition) is 6. The van der Waals surface area contributed by atoms with E-state index in [4.69, 9.17) is 0 Å². The number of benzene rings is 4. The lowest BCUT2D eigenvalue weighted by Crippen LogP contribution is -2.35. The molecule has 0 spiro atoms. The van der Waals surface area contributed by atoms with Crippen molar-refractivity contribution in [2.75, 3.05) is 23.9 Å². The number of fused-ring (bicyclic) bond motifs is 3. The van der Waals surface area contributed by atoms with Gasteiger partial charge in [0.1, 0.15) is 11.0 Å². The van der Waals surface area contributed by atoms with E-state index in [1.54, 1.807) is 0 Å². The van der Waals surface area contributed by atoms with Gasteiger partial charge in [-0.2, -0.15) is 0 Å². The van der Waals surface area contributed by atoms with Crippen LogP contribution in [0.4, 0.5) is 11.4 Å². The second-order valence-electron chi connectivity index (χ2n) is 9.24. The number of hydrogen-bond donors (Lipinski definition) is 0. The Bertz CT molecular complexity index is 1600. The van der Waals surface area contributed by atoms with Gasteiger partial charge in [-0.3, -0.25) is 0 Å². The molecular formula is C28H24N8. The third-order valence-corrected chi connectivity index (χ3v) is 6.96. The summed E-state index contributed by atoms with van der Waals surface area (Å²) in [5.41, 5.74) is 8.23. The minimum absolute atomic E-state index is 0.216. The summed E-state index contributed by atoms with van der Waals surface area (Å²) in [5, 5.41) is 18.3. The SMILES string of the molecule is CN(C)c1ccc(N2C(n3nnc4ccccc43)c3ccccc3C2n2nnc3ccccc32)cc1. The molecule has 0 N–H and O–H groups in total. The highest BCUT2D eigenvalue weighted by molar-refractivity contribution is 5.76. The van der Waals surface area contributed by atoms with Crippen LogP contribution in [0.1, 0.15) is 23.5 Å². The number of para-hydroxylation sites is 2. The topological polar surface area (TPSA) is 67.9 Å². The van der Waals surface area contributed by atoms with E-state index in [0.29, 0.717) is 0 Å². The van der Waals surface area contributed by atoms with Gasteiger partial charge in [-0.15, -0.1) is 10.2 Å². The predicted molar refractivity (Wildman–Crippen MR) is 141 cm³/mol. The summed E-state index contributed by atoms with van der Waals surface area (Å²) in [7, 11) is 4.10. The molecule has 0 fully saturated rings. The van der Waals surface area contributed by atoms with Crippen LogP contribution in [-0.2, 0) is 0 Å². The molecule has 4 aromatic carbocycles. The smallest absolute Gasteiger partial charge is 0.153 e. The Hall–Kier alpha value is -4.72. The fraction of sp³-hybridized carbons (Fsp3) is 0.143.